The number of nitrogens with zero attached hydrogens (tertiary/aromatic N) is 3. The highest BCUT2D eigenvalue weighted by atomic mass is 16.3. The Hall–Kier alpha value is -1.98. The third-order valence-electron chi connectivity index (χ3n) is 4.47. The van der Waals surface area contributed by atoms with Gasteiger partial charge in [-0.1, -0.05) is 30.3 Å². The summed E-state index contributed by atoms with van der Waals surface area (Å²) < 4.78 is 0. The van der Waals surface area contributed by atoms with Crippen molar-refractivity contribution in [1.29, 1.82) is 0 Å². The molecule has 5 heteroatoms. The van der Waals surface area contributed by atoms with Gasteiger partial charge in [0.25, 0.3) is 0 Å². The molecule has 3 rings (SSSR count). The first-order chi connectivity index (χ1) is 11.2. The van der Waals surface area contributed by atoms with E-state index in [2.05, 4.69) is 20.4 Å². The van der Waals surface area contributed by atoms with E-state index in [1.165, 1.54) is 0 Å². The highest BCUT2D eigenvalue weighted by Gasteiger charge is 2.27. The van der Waals surface area contributed by atoms with Gasteiger partial charge in [0.1, 0.15) is 0 Å². The summed E-state index contributed by atoms with van der Waals surface area (Å²) in [4.78, 5) is 2.30. The van der Waals surface area contributed by atoms with Crippen molar-refractivity contribution >= 4 is 5.82 Å². The summed E-state index contributed by atoms with van der Waals surface area (Å²) >= 11 is 0. The van der Waals surface area contributed by atoms with E-state index in [-0.39, 0.29) is 0 Å². The lowest BCUT2D eigenvalue weighted by Crippen LogP contribution is -2.43. The first-order valence-corrected chi connectivity index (χ1v) is 8.20. The van der Waals surface area contributed by atoms with E-state index in [9.17, 15) is 5.11 Å². The fourth-order valence-electron chi connectivity index (χ4n) is 3.18. The van der Waals surface area contributed by atoms with Crippen molar-refractivity contribution in [2.45, 2.75) is 31.4 Å². The van der Waals surface area contributed by atoms with E-state index < -0.39 is 5.60 Å². The second-order valence-corrected chi connectivity index (χ2v) is 6.34. The van der Waals surface area contributed by atoms with Crippen LogP contribution in [0.2, 0.25) is 0 Å². The van der Waals surface area contributed by atoms with Crippen LogP contribution in [0, 0.1) is 0 Å². The van der Waals surface area contributed by atoms with Crippen molar-refractivity contribution in [3.8, 4) is 0 Å². The minimum atomic E-state index is -0.864. The summed E-state index contributed by atoms with van der Waals surface area (Å²) in [5.41, 5.74) is 0.0711. The summed E-state index contributed by atoms with van der Waals surface area (Å²) in [6.07, 6.45) is 4.00. The van der Waals surface area contributed by atoms with Crippen molar-refractivity contribution < 1.29 is 5.11 Å². The van der Waals surface area contributed by atoms with Crippen LogP contribution in [0.15, 0.2) is 48.7 Å². The minimum absolute atomic E-state index is 0.401. The Labute approximate surface area is 137 Å². The fraction of sp³-hybridized carbons (Fsp3) is 0.444. The molecule has 5 nitrogen and oxygen atoms in total. The number of anilines is 1. The Kier molecular flexibility index (Phi) is 4.88. The third-order valence-corrected chi connectivity index (χ3v) is 4.47. The molecule has 0 radical (unpaired) electrons. The lowest BCUT2D eigenvalue weighted by atomic mass is 9.96. The Morgan fingerprint density at radius 3 is 2.83 bits per heavy atom. The molecule has 1 fully saturated rings. The highest BCUT2D eigenvalue weighted by molar-refractivity contribution is 5.39. The lowest BCUT2D eigenvalue weighted by Gasteiger charge is -2.28. The van der Waals surface area contributed by atoms with E-state index in [0.717, 1.165) is 37.3 Å². The Morgan fingerprint density at radius 2 is 2.09 bits per heavy atom. The van der Waals surface area contributed by atoms with Crippen LogP contribution in [0.5, 0.6) is 0 Å². The van der Waals surface area contributed by atoms with Crippen molar-refractivity contribution in [3.63, 3.8) is 0 Å². The van der Waals surface area contributed by atoms with Gasteiger partial charge in [-0.2, -0.15) is 5.10 Å². The molecule has 1 aliphatic heterocycles. The maximum atomic E-state index is 10.6. The van der Waals surface area contributed by atoms with Crippen LogP contribution in [0.3, 0.4) is 0 Å². The maximum Gasteiger partial charge on any atom is 0.151 e. The largest absolute Gasteiger partial charge is 0.384 e. The number of hydrogen-bond acceptors (Lipinski definition) is 5. The van der Waals surface area contributed by atoms with Gasteiger partial charge < -0.3 is 15.3 Å². The third kappa shape index (κ3) is 3.86. The van der Waals surface area contributed by atoms with Gasteiger partial charge in [-0.05, 0) is 37.5 Å². The van der Waals surface area contributed by atoms with Gasteiger partial charge in [0.05, 0.1) is 5.60 Å². The Morgan fingerprint density at radius 1 is 1.26 bits per heavy atom. The van der Waals surface area contributed by atoms with Crippen LogP contribution < -0.4 is 10.2 Å². The molecule has 1 aromatic carbocycles. The predicted molar refractivity (Wildman–Crippen MR) is 91.3 cm³/mol. The molecule has 0 aliphatic carbocycles. The standard InChI is InChI=1S/C18H24N4O/c1-18(23,15-7-3-2-4-8-15)14-19-13-16-9-6-12-22(16)17-10-5-11-20-21-17/h2-5,7-8,10-11,16,19,23H,6,9,12-14H2,1H3/t16-,18-/m1/s1. The van der Waals surface area contributed by atoms with E-state index in [1.807, 2.05) is 49.4 Å². The monoisotopic (exact) mass is 312 g/mol. The number of aromatic nitrogens is 2. The lowest BCUT2D eigenvalue weighted by molar-refractivity contribution is 0.0568. The average Bonchev–Trinajstić information content (AvgIpc) is 3.05. The molecule has 122 valence electrons. The topological polar surface area (TPSA) is 61.3 Å². The quantitative estimate of drug-likeness (QED) is 0.853. The summed E-state index contributed by atoms with van der Waals surface area (Å²) in [6, 6.07) is 14.1. The zero-order valence-corrected chi connectivity index (χ0v) is 13.5. The Bertz CT molecular complexity index is 603. The van der Waals surface area contributed by atoms with E-state index in [0.29, 0.717) is 12.6 Å². The summed E-state index contributed by atoms with van der Waals surface area (Å²) in [7, 11) is 0. The molecular weight excluding hydrogens is 288 g/mol. The van der Waals surface area contributed by atoms with Crippen molar-refractivity contribution in [1.82, 2.24) is 15.5 Å². The number of benzene rings is 1. The molecule has 1 aromatic heterocycles. The van der Waals surface area contributed by atoms with E-state index in [4.69, 9.17) is 0 Å². The molecule has 23 heavy (non-hydrogen) atoms. The van der Waals surface area contributed by atoms with Crippen LogP contribution in [-0.4, -0.2) is 41.0 Å². The van der Waals surface area contributed by atoms with Gasteiger partial charge in [-0.25, -0.2) is 0 Å². The molecule has 0 unspecified atom stereocenters. The molecule has 2 heterocycles. The molecule has 0 bridgehead atoms. The Balaban J connectivity index is 1.56. The molecule has 1 aliphatic rings. The summed E-state index contributed by atoms with van der Waals surface area (Å²) in [5, 5.41) is 22.3. The van der Waals surface area contributed by atoms with Crippen LogP contribution in [0.25, 0.3) is 0 Å². The van der Waals surface area contributed by atoms with Gasteiger partial charge in [-0.15, -0.1) is 5.10 Å². The average molecular weight is 312 g/mol. The maximum absolute atomic E-state index is 10.6. The molecule has 0 amide bonds. The highest BCUT2D eigenvalue weighted by Crippen LogP contribution is 2.23. The van der Waals surface area contributed by atoms with Crippen molar-refractivity contribution in [2.24, 2.45) is 0 Å². The smallest absolute Gasteiger partial charge is 0.151 e. The fourth-order valence-corrected chi connectivity index (χ4v) is 3.18. The zero-order valence-electron chi connectivity index (χ0n) is 13.5. The van der Waals surface area contributed by atoms with E-state index in [1.54, 1.807) is 6.20 Å². The minimum Gasteiger partial charge on any atom is -0.384 e. The summed E-state index contributed by atoms with van der Waals surface area (Å²) in [6.45, 7) is 4.23. The number of nitrogens with one attached hydrogen (secondary N) is 1. The van der Waals surface area contributed by atoms with Crippen LogP contribution in [0.4, 0.5) is 5.82 Å². The molecule has 2 aromatic rings. The van der Waals surface area contributed by atoms with Crippen molar-refractivity contribution in [2.75, 3.05) is 24.5 Å². The van der Waals surface area contributed by atoms with E-state index >= 15 is 0 Å². The molecular formula is C18H24N4O. The van der Waals surface area contributed by atoms with Crippen molar-refractivity contribution in [3.05, 3.63) is 54.2 Å². The molecule has 1 saturated heterocycles. The van der Waals surface area contributed by atoms with Crippen LogP contribution >= 0.6 is 0 Å². The number of aliphatic hydroxyl groups is 1. The SMILES string of the molecule is C[C@@](O)(CNC[C@H]1CCCN1c1cccnn1)c1ccccc1. The second-order valence-electron chi connectivity index (χ2n) is 6.34. The predicted octanol–water partition coefficient (Wildman–Crippen LogP) is 1.94. The van der Waals surface area contributed by atoms with Gasteiger partial charge in [0.15, 0.2) is 5.82 Å². The first-order valence-electron chi connectivity index (χ1n) is 8.20. The summed E-state index contributed by atoms with van der Waals surface area (Å²) in [5.74, 6) is 0.937. The van der Waals surface area contributed by atoms with Crippen LogP contribution in [-0.2, 0) is 5.60 Å². The van der Waals surface area contributed by atoms with Gasteiger partial charge in [0.2, 0.25) is 0 Å². The van der Waals surface area contributed by atoms with Gasteiger partial charge in [0, 0.05) is 31.9 Å². The van der Waals surface area contributed by atoms with Gasteiger partial charge in [-0.3, -0.25) is 0 Å². The molecule has 2 N–H and O–H groups in total. The normalized spacial score (nSPS) is 20.4. The number of rotatable bonds is 6. The molecule has 0 saturated carbocycles. The number of hydrogen-bond donors (Lipinski definition) is 2. The second kappa shape index (κ2) is 7.06. The zero-order chi connectivity index (χ0) is 16.1. The molecule has 2 atom stereocenters. The van der Waals surface area contributed by atoms with Crippen LogP contribution in [0.1, 0.15) is 25.3 Å². The molecule has 0 spiro atoms. The first kappa shape index (κ1) is 15.9. The van der Waals surface area contributed by atoms with Gasteiger partial charge >= 0.3 is 0 Å².